The maximum Gasteiger partial charge on any atom is 0.290 e. The van der Waals surface area contributed by atoms with Crippen LogP contribution in [0, 0.1) is 0 Å². The molecule has 1 unspecified atom stereocenters. The fourth-order valence-electron chi connectivity index (χ4n) is 3.17. The van der Waals surface area contributed by atoms with Gasteiger partial charge in [0.1, 0.15) is 11.8 Å². The molecule has 7 nitrogen and oxygen atoms in total. The first kappa shape index (κ1) is 19.6. The van der Waals surface area contributed by atoms with Crippen LogP contribution in [0.2, 0.25) is 0 Å². The Morgan fingerprint density at radius 1 is 1.32 bits per heavy atom. The van der Waals surface area contributed by atoms with Gasteiger partial charge in [0.25, 0.3) is 5.91 Å². The lowest BCUT2D eigenvalue weighted by molar-refractivity contribution is -0.129. The zero-order valence-electron chi connectivity index (χ0n) is 15.9. The van der Waals surface area contributed by atoms with Crippen LogP contribution in [0.4, 0.5) is 0 Å². The van der Waals surface area contributed by atoms with Crippen molar-refractivity contribution in [2.24, 2.45) is 0 Å². The van der Waals surface area contributed by atoms with Gasteiger partial charge in [-0.15, -0.1) is 0 Å². The van der Waals surface area contributed by atoms with Crippen molar-refractivity contribution in [1.82, 2.24) is 14.8 Å². The molecule has 1 aliphatic rings. The number of allylic oxidation sites excluding steroid dienone is 1. The minimum atomic E-state index is -0.718. The second-order valence-electron chi connectivity index (χ2n) is 6.79. The predicted octanol–water partition coefficient (Wildman–Crippen LogP) is 2.60. The summed E-state index contributed by atoms with van der Waals surface area (Å²) in [5.41, 5.74) is 0.580. The Bertz CT molecular complexity index is 886. The molecule has 0 saturated heterocycles. The smallest absolute Gasteiger partial charge is 0.290 e. The summed E-state index contributed by atoms with van der Waals surface area (Å²) in [5, 5.41) is 10.5. The van der Waals surface area contributed by atoms with E-state index in [9.17, 15) is 14.7 Å². The Labute approximate surface area is 163 Å². The maximum absolute atomic E-state index is 12.8. The summed E-state index contributed by atoms with van der Waals surface area (Å²) in [6.45, 7) is 1.18. The lowest BCUT2D eigenvalue weighted by atomic mass is 9.99. The van der Waals surface area contributed by atoms with Gasteiger partial charge >= 0.3 is 0 Å². The monoisotopic (exact) mass is 381 g/mol. The first-order valence-electron chi connectivity index (χ1n) is 9.04. The number of carbonyl (C=O) groups is 2. The Balaban J connectivity index is 1.91. The lowest BCUT2D eigenvalue weighted by Crippen LogP contribution is -2.33. The molecule has 3 rings (SSSR count). The maximum atomic E-state index is 12.8. The molecule has 0 radical (unpaired) electrons. The number of aromatic nitrogens is 1. The van der Waals surface area contributed by atoms with E-state index < -0.39 is 23.5 Å². The quantitative estimate of drug-likeness (QED) is 0.708. The average Bonchev–Trinajstić information content (AvgIpc) is 3.29. The van der Waals surface area contributed by atoms with E-state index in [0.717, 1.165) is 6.54 Å². The van der Waals surface area contributed by atoms with Gasteiger partial charge in [0.05, 0.1) is 17.5 Å². The molecule has 1 amide bonds. The summed E-state index contributed by atoms with van der Waals surface area (Å²) < 4.78 is 5.19. The fourth-order valence-corrected chi connectivity index (χ4v) is 3.17. The molecule has 0 bridgehead atoms. The Hall–Kier alpha value is -3.19. The summed E-state index contributed by atoms with van der Waals surface area (Å²) in [4.78, 5) is 33.4. The average molecular weight is 381 g/mol. The van der Waals surface area contributed by atoms with Gasteiger partial charge in [-0.2, -0.15) is 0 Å². The third-order valence-corrected chi connectivity index (χ3v) is 4.48. The number of carbonyl (C=O) groups excluding carboxylic acids is 2. The van der Waals surface area contributed by atoms with Crippen LogP contribution < -0.4 is 0 Å². The number of aliphatic hydroxyl groups is 1. The number of pyridine rings is 1. The second kappa shape index (κ2) is 8.67. The van der Waals surface area contributed by atoms with E-state index in [1.54, 1.807) is 36.5 Å². The van der Waals surface area contributed by atoms with Crippen LogP contribution in [0.1, 0.15) is 23.9 Å². The minimum Gasteiger partial charge on any atom is -0.503 e. The highest BCUT2D eigenvalue weighted by atomic mass is 16.3. The van der Waals surface area contributed by atoms with Crippen molar-refractivity contribution in [3.05, 3.63) is 71.7 Å². The third kappa shape index (κ3) is 4.20. The van der Waals surface area contributed by atoms with Gasteiger partial charge < -0.3 is 19.3 Å². The number of furan rings is 1. The number of hydrogen-bond donors (Lipinski definition) is 1. The molecule has 1 aliphatic heterocycles. The number of hydrogen-bond acceptors (Lipinski definition) is 6. The first-order valence-corrected chi connectivity index (χ1v) is 9.04. The molecular weight excluding hydrogens is 358 g/mol. The number of aliphatic hydroxyl groups excluding tert-OH is 1. The van der Waals surface area contributed by atoms with Gasteiger partial charge in [-0.25, -0.2) is 0 Å². The fraction of sp³-hybridized carbons (Fsp3) is 0.286. The van der Waals surface area contributed by atoms with E-state index in [0.29, 0.717) is 24.4 Å². The first-order chi connectivity index (χ1) is 13.5. The van der Waals surface area contributed by atoms with Crippen LogP contribution in [0.25, 0.3) is 6.08 Å². The largest absolute Gasteiger partial charge is 0.503 e. The zero-order valence-corrected chi connectivity index (χ0v) is 15.9. The van der Waals surface area contributed by atoms with Crippen molar-refractivity contribution in [3.8, 4) is 0 Å². The molecule has 0 aliphatic carbocycles. The van der Waals surface area contributed by atoms with E-state index in [4.69, 9.17) is 4.42 Å². The van der Waals surface area contributed by atoms with E-state index >= 15 is 0 Å². The zero-order chi connectivity index (χ0) is 20.1. The molecule has 7 heteroatoms. The summed E-state index contributed by atoms with van der Waals surface area (Å²) in [6, 6.07) is 8.01. The number of rotatable bonds is 8. The van der Waals surface area contributed by atoms with Crippen LogP contribution in [0.15, 0.2) is 64.6 Å². The van der Waals surface area contributed by atoms with E-state index in [-0.39, 0.29) is 5.57 Å². The second-order valence-corrected chi connectivity index (χ2v) is 6.79. The molecule has 146 valence electrons. The number of amides is 1. The van der Waals surface area contributed by atoms with Gasteiger partial charge in [0, 0.05) is 12.7 Å². The van der Waals surface area contributed by atoms with Gasteiger partial charge in [-0.3, -0.25) is 14.6 Å². The van der Waals surface area contributed by atoms with Gasteiger partial charge in [-0.05, 0) is 63.5 Å². The van der Waals surface area contributed by atoms with Crippen molar-refractivity contribution in [2.75, 3.05) is 27.2 Å². The van der Waals surface area contributed by atoms with Crippen LogP contribution in [0.5, 0.6) is 0 Å². The molecule has 0 saturated carbocycles. The summed E-state index contributed by atoms with van der Waals surface area (Å²) in [6.07, 6.45) is 6.63. The predicted molar refractivity (Wildman–Crippen MR) is 104 cm³/mol. The SMILES string of the molecule is CN(C)CCCN1C(=O)C(O)=C(C(=O)/C=C/c2ccco2)C1c1ccccn1. The third-order valence-electron chi connectivity index (χ3n) is 4.48. The van der Waals surface area contributed by atoms with Gasteiger partial charge in [-0.1, -0.05) is 6.07 Å². The molecule has 2 aromatic heterocycles. The number of ketones is 1. The van der Waals surface area contributed by atoms with E-state index in [2.05, 4.69) is 4.98 Å². The Kier molecular flexibility index (Phi) is 6.06. The van der Waals surface area contributed by atoms with Crippen LogP contribution in [-0.4, -0.2) is 58.8 Å². The highest BCUT2D eigenvalue weighted by molar-refractivity contribution is 6.14. The minimum absolute atomic E-state index is 0.0383. The van der Waals surface area contributed by atoms with Gasteiger partial charge in [0.2, 0.25) is 0 Å². The Morgan fingerprint density at radius 3 is 2.79 bits per heavy atom. The number of nitrogens with zero attached hydrogens (tertiary/aromatic N) is 3. The molecule has 0 aromatic carbocycles. The van der Waals surface area contributed by atoms with Crippen molar-refractivity contribution < 1.29 is 19.1 Å². The van der Waals surface area contributed by atoms with Crippen molar-refractivity contribution in [1.29, 1.82) is 0 Å². The molecule has 2 aromatic rings. The van der Waals surface area contributed by atoms with Crippen LogP contribution >= 0.6 is 0 Å². The Morgan fingerprint density at radius 2 is 2.14 bits per heavy atom. The molecule has 0 fully saturated rings. The van der Waals surface area contributed by atoms with Crippen molar-refractivity contribution >= 4 is 17.8 Å². The summed E-state index contributed by atoms with van der Waals surface area (Å²) in [5.74, 6) is -1.01. The van der Waals surface area contributed by atoms with Gasteiger partial charge in [0.15, 0.2) is 11.5 Å². The highest BCUT2D eigenvalue weighted by Crippen LogP contribution is 2.37. The lowest BCUT2D eigenvalue weighted by Gasteiger charge is -2.26. The molecule has 1 N–H and O–H groups in total. The molecule has 0 spiro atoms. The van der Waals surface area contributed by atoms with Crippen LogP contribution in [0.3, 0.4) is 0 Å². The van der Waals surface area contributed by atoms with Crippen molar-refractivity contribution in [3.63, 3.8) is 0 Å². The van der Waals surface area contributed by atoms with Crippen molar-refractivity contribution in [2.45, 2.75) is 12.5 Å². The highest BCUT2D eigenvalue weighted by Gasteiger charge is 2.43. The van der Waals surface area contributed by atoms with E-state index in [1.165, 1.54) is 23.3 Å². The van der Waals surface area contributed by atoms with Crippen LogP contribution in [-0.2, 0) is 9.59 Å². The summed E-state index contributed by atoms with van der Waals surface area (Å²) >= 11 is 0. The standard InChI is InChI=1S/C21H23N3O4/c1-23(2)12-6-13-24-19(16-8-3-4-11-22-16)18(20(26)21(24)27)17(25)10-9-15-7-5-14-28-15/h3-5,7-11,14,19,26H,6,12-13H2,1-2H3/b10-9+. The molecule has 1 atom stereocenters. The van der Waals surface area contributed by atoms with E-state index in [1.807, 2.05) is 19.0 Å². The molecular formula is C21H23N3O4. The molecule has 28 heavy (non-hydrogen) atoms. The summed E-state index contributed by atoms with van der Waals surface area (Å²) in [7, 11) is 3.90. The molecule has 3 heterocycles. The topological polar surface area (TPSA) is 86.9 Å². The normalized spacial score (nSPS) is 17.3.